The molecular formula is C20H21N3O4S. The smallest absolute Gasteiger partial charge is 0.339 e. The van der Waals surface area contributed by atoms with Crippen LogP contribution in [0.25, 0.3) is 5.65 Å². The number of sulfonamides is 1. The van der Waals surface area contributed by atoms with Crippen molar-refractivity contribution < 1.29 is 17.9 Å². The van der Waals surface area contributed by atoms with Gasteiger partial charge >= 0.3 is 5.97 Å². The van der Waals surface area contributed by atoms with Crippen LogP contribution in [0, 0.1) is 0 Å². The molecule has 1 aromatic carbocycles. The first-order valence-electron chi connectivity index (χ1n) is 9.24. The van der Waals surface area contributed by atoms with Crippen LogP contribution in [-0.4, -0.2) is 41.2 Å². The lowest BCUT2D eigenvalue weighted by atomic mass is 10.2. The van der Waals surface area contributed by atoms with Gasteiger partial charge in [0.25, 0.3) is 0 Å². The van der Waals surface area contributed by atoms with Gasteiger partial charge < -0.3 is 9.14 Å². The Morgan fingerprint density at radius 2 is 1.79 bits per heavy atom. The topological polar surface area (TPSA) is 81.0 Å². The maximum absolute atomic E-state index is 13.0. The van der Waals surface area contributed by atoms with Crippen LogP contribution in [0.4, 0.5) is 0 Å². The fraction of sp³-hybridized carbons (Fsp3) is 0.300. The van der Waals surface area contributed by atoms with Gasteiger partial charge in [-0.2, -0.15) is 4.31 Å². The molecule has 0 amide bonds. The molecule has 4 rings (SSSR count). The summed E-state index contributed by atoms with van der Waals surface area (Å²) < 4.78 is 34.7. The van der Waals surface area contributed by atoms with Crippen molar-refractivity contribution in [3.8, 4) is 0 Å². The largest absolute Gasteiger partial charge is 0.455 e. The summed E-state index contributed by atoms with van der Waals surface area (Å²) in [5.41, 5.74) is 1.40. The van der Waals surface area contributed by atoms with Gasteiger partial charge in [0.05, 0.1) is 16.2 Å². The molecule has 0 N–H and O–H groups in total. The summed E-state index contributed by atoms with van der Waals surface area (Å²) in [4.78, 5) is 17.0. The normalized spacial score (nSPS) is 15.6. The lowest BCUT2D eigenvalue weighted by molar-refractivity contribution is 0.0463. The molecular weight excluding hydrogens is 378 g/mol. The molecule has 146 valence electrons. The first kappa shape index (κ1) is 18.6. The highest BCUT2D eigenvalue weighted by molar-refractivity contribution is 7.89. The second-order valence-corrected chi connectivity index (χ2v) is 8.64. The van der Waals surface area contributed by atoms with E-state index in [1.807, 2.05) is 28.8 Å². The van der Waals surface area contributed by atoms with Gasteiger partial charge in [-0.25, -0.2) is 18.2 Å². The zero-order chi connectivity index (χ0) is 19.6. The highest BCUT2D eigenvalue weighted by Gasteiger charge is 2.30. The molecule has 0 saturated carbocycles. The maximum atomic E-state index is 13.0. The van der Waals surface area contributed by atoms with E-state index >= 15 is 0 Å². The van der Waals surface area contributed by atoms with Crippen LogP contribution in [0.1, 0.15) is 35.3 Å². The minimum Gasteiger partial charge on any atom is -0.455 e. The number of hydrogen-bond donors (Lipinski definition) is 0. The number of esters is 1. The SMILES string of the molecule is O=C(OCc1cn2ccccc2n1)c1ccccc1S(=O)(=O)N1CCCCC1. The number of ether oxygens (including phenoxy) is 1. The summed E-state index contributed by atoms with van der Waals surface area (Å²) in [6, 6.07) is 11.8. The lowest BCUT2D eigenvalue weighted by Gasteiger charge is -2.26. The van der Waals surface area contributed by atoms with Crippen LogP contribution in [0.2, 0.25) is 0 Å². The Kier molecular flexibility index (Phi) is 5.15. The standard InChI is InChI=1S/C20H21N3O4S/c24-20(27-15-16-14-22-11-7-4-10-19(22)21-16)17-8-2-3-9-18(17)28(25,26)23-12-5-1-6-13-23/h2-4,7-11,14H,1,5-6,12-13,15H2. The number of nitrogens with zero attached hydrogens (tertiary/aromatic N) is 3. The van der Waals surface area contributed by atoms with Crippen molar-refractivity contribution in [2.24, 2.45) is 0 Å². The quantitative estimate of drug-likeness (QED) is 0.616. The van der Waals surface area contributed by atoms with E-state index in [-0.39, 0.29) is 17.1 Å². The molecule has 0 bridgehead atoms. The summed E-state index contributed by atoms with van der Waals surface area (Å²) in [5, 5.41) is 0. The molecule has 3 aromatic rings. The van der Waals surface area contributed by atoms with Gasteiger partial charge in [-0.3, -0.25) is 0 Å². The summed E-state index contributed by atoms with van der Waals surface area (Å²) in [6.45, 7) is 0.929. The van der Waals surface area contributed by atoms with Crippen molar-refractivity contribution in [1.29, 1.82) is 0 Å². The molecule has 2 aromatic heterocycles. The third kappa shape index (κ3) is 3.65. The maximum Gasteiger partial charge on any atom is 0.339 e. The fourth-order valence-corrected chi connectivity index (χ4v) is 5.08. The number of piperidine rings is 1. The van der Waals surface area contributed by atoms with Gasteiger partial charge in [0.2, 0.25) is 10.0 Å². The predicted octanol–water partition coefficient (Wildman–Crippen LogP) is 2.87. The lowest BCUT2D eigenvalue weighted by Crippen LogP contribution is -2.36. The van der Waals surface area contributed by atoms with Crippen molar-refractivity contribution in [2.75, 3.05) is 13.1 Å². The summed E-state index contributed by atoms with van der Waals surface area (Å²) >= 11 is 0. The average molecular weight is 399 g/mol. The van der Waals surface area contributed by atoms with Gasteiger partial charge in [0.15, 0.2) is 0 Å². The Morgan fingerprint density at radius 3 is 2.57 bits per heavy atom. The van der Waals surface area contributed by atoms with Gasteiger partial charge in [-0.15, -0.1) is 0 Å². The zero-order valence-corrected chi connectivity index (χ0v) is 16.1. The third-order valence-electron chi connectivity index (χ3n) is 4.80. The van der Waals surface area contributed by atoms with E-state index in [0.29, 0.717) is 18.8 Å². The van der Waals surface area contributed by atoms with Crippen molar-refractivity contribution >= 4 is 21.6 Å². The Bertz CT molecular complexity index is 1070. The molecule has 7 nitrogen and oxygen atoms in total. The summed E-state index contributed by atoms with van der Waals surface area (Å²) in [6.07, 6.45) is 6.32. The molecule has 1 fully saturated rings. The zero-order valence-electron chi connectivity index (χ0n) is 15.3. The highest BCUT2D eigenvalue weighted by Crippen LogP contribution is 2.24. The fourth-order valence-electron chi connectivity index (χ4n) is 3.38. The molecule has 28 heavy (non-hydrogen) atoms. The van der Waals surface area contributed by atoms with Gasteiger partial charge in [0, 0.05) is 25.5 Å². The van der Waals surface area contributed by atoms with E-state index in [1.165, 1.54) is 16.4 Å². The van der Waals surface area contributed by atoms with Crippen molar-refractivity contribution in [3.05, 3.63) is 66.1 Å². The first-order valence-corrected chi connectivity index (χ1v) is 10.7. The van der Waals surface area contributed by atoms with Gasteiger partial charge in [-0.05, 0) is 37.1 Å². The van der Waals surface area contributed by atoms with Gasteiger partial charge in [-0.1, -0.05) is 24.6 Å². The first-order chi connectivity index (χ1) is 13.6. The van der Waals surface area contributed by atoms with E-state index < -0.39 is 16.0 Å². The second-order valence-electron chi connectivity index (χ2n) is 6.74. The number of imidazole rings is 1. The minimum absolute atomic E-state index is 0.00287. The Morgan fingerprint density at radius 1 is 1.04 bits per heavy atom. The van der Waals surface area contributed by atoms with Crippen molar-refractivity contribution in [3.63, 3.8) is 0 Å². The molecule has 1 aliphatic heterocycles. The summed E-state index contributed by atoms with van der Waals surface area (Å²) in [7, 11) is -3.73. The molecule has 0 aliphatic carbocycles. The van der Waals surface area contributed by atoms with E-state index in [9.17, 15) is 13.2 Å². The monoisotopic (exact) mass is 399 g/mol. The Balaban J connectivity index is 1.54. The third-order valence-corrected chi connectivity index (χ3v) is 6.76. The number of aromatic nitrogens is 2. The van der Waals surface area contributed by atoms with Crippen LogP contribution in [0.15, 0.2) is 59.8 Å². The summed E-state index contributed by atoms with van der Waals surface area (Å²) in [5.74, 6) is -0.673. The van der Waals surface area contributed by atoms with E-state index in [1.54, 1.807) is 18.3 Å². The van der Waals surface area contributed by atoms with Crippen LogP contribution < -0.4 is 0 Å². The molecule has 3 heterocycles. The number of benzene rings is 1. The molecule has 0 atom stereocenters. The Labute approximate surface area is 163 Å². The number of fused-ring (bicyclic) bond motifs is 1. The number of pyridine rings is 1. The molecule has 1 aliphatic rings. The minimum atomic E-state index is -3.73. The van der Waals surface area contributed by atoms with Crippen molar-refractivity contribution in [1.82, 2.24) is 13.7 Å². The molecule has 0 spiro atoms. The van der Waals surface area contributed by atoms with E-state index in [4.69, 9.17) is 4.74 Å². The number of rotatable bonds is 5. The molecule has 0 radical (unpaired) electrons. The van der Waals surface area contributed by atoms with Crippen molar-refractivity contribution in [2.45, 2.75) is 30.8 Å². The second kappa shape index (κ2) is 7.73. The van der Waals surface area contributed by atoms with Crippen LogP contribution in [-0.2, 0) is 21.4 Å². The van der Waals surface area contributed by atoms with Crippen LogP contribution in [0.3, 0.4) is 0 Å². The highest BCUT2D eigenvalue weighted by atomic mass is 32.2. The predicted molar refractivity (Wildman–Crippen MR) is 103 cm³/mol. The molecule has 8 heteroatoms. The molecule has 1 saturated heterocycles. The van der Waals surface area contributed by atoms with Gasteiger partial charge in [0.1, 0.15) is 12.3 Å². The van der Waals surface area contributed by atoms with Crippen LogP contribution in [0.5, 0.6) is 0 Å². The number of carbonyl (C=O) groups is 1. The number of hydrogen-bond acceptors (Lipinski definition) is 5. The van der Waals surface area contributed by atoms with E-state index in [2.05, 4.69) is 4.98 Å². The van der Waals surface area contributed by atoms with Crippen LogP contribution >= 0.6 is 0 Å². The average Bonchev–Trinajstić information content (AvgIpc) is 3.15. The van der Waals surface area contributed by atoms with E-state index in [0.717, 1.165) is 24.9 Å². The Hall–Kier alpha value is -2.71. The molecule has 0 unspecified atom stereocenters. The number of carbonyl (C=O) groups excluding carboxylic acids is 1.